The highest BCUT2D eigenvalue weighted by molar-refractivity contribution is 9.11. The van der Waals surface area contributed by atoms with Crippen LogP contribution >= 0.6 is 31.9 Å². The van der Waals surface area contributed by atoms with Crippen molar-refractivity contribution in [2.24, 2.45) is 35.0 Å². The quantitative estimate of drug-likeness (QED) is 0.351. The van der Waals surface area contributed by atoms with Crippen LogP contribution in [0, 0.1) is 35.0 Å². The minimum atomic E-state index is -1.44. The Morgan fingerprint density at radius 1 is 0.795 bits per heavy atom. The third-order valence-electron chi connectivity index (χ3n) is 8.87. The van der Waals surface area contributed by atoms with Gasteiger partial charge in [0.05, 0.1) is 41.7 Å². The zero-order chi connectivity index (χ0) is 28.0. The van der Waals surface area contributed by atoms with E-state index in [1.807, 2.05) is 0 Å². The van der Waals surface area contributed by atoms with Crippen LogP contribution in [0.15, 0.2) is 68.6 Å². The number of ether oxygens (including phenoxy) is 1. The fourth-order valence-electron chi connectivity index (χ4n) is 7.55. The monoisotopic (exact) mass is 654 g/mol. The number of anilines is 2. The Bertz CT molecular complexity index is 1440. The molecular weight excluding hydrogens is 632 g/mol. The fraction of sp³-hybridized carbons (Fsp3) is 0.345. The molecule has 0 N–H and O–H groups in total. The van der Waals surface area contributed by atoms with Gasteiger partial charge < -0.3 is 4.74 Å². The SMILES string of the molecule is CCOC(=O)C1=C(C)C2[C@H]3C(=O)N(c4ccccc4Br)C(=O)[C@@H]3C1(C)[C@H]1C(=O)N(c3ccccc3Br)C(=O)[C@H]21. The molecule has 7 rings (SSSR count). The molecule has 0 radical (unpaired) electrons. The van der Waals surface area contributed by atoms with Crippen LogP contribution in [0.5, 0.6) is 0 Å². The van der Waals surface area contributed by atoms with Crippen molar-refractivity contribution in [3.05, 3.63) is 68.6 Å². The van der Waals surface area contributed by atoms with Gasteiger partial charge in [0, 0.05) is 25.9 Å². The molecular formula is C29H24Br2N2O6. The van der Waals surface area contributed by atoms with Gasteiger partial charge >= 0.3 is 5.97 Å². The van der Waals surface area contributed by atoms with Gasteiger partial charge in [0.1, 0.15) is 0 Å². The predicted octanol–water partition coefficient (Wildman–Crippen LogP) is 4.65. The van der Waals surface area contributed by atoms with Crippen LogP contribution in [0.2, 0.25) is 0 Å². The van der Waals surface area contributed by atoms with Gasteiger partial charge in [-0.15, -0.1) is 0 Å². The summed E-state index contributed by atoms with van der Waals surface area (Å²) in [5, 5.41) is 0. The second-order valence-corrected chi connectivity index (χ2v) is 12.2. The van der Waals surface area contributed by atoms with Crippen molar-refractivity contribution in [1.29, 1.82) is 0 Å². The first-order valence-electron chi connectivity index (χ1n) is 12.7. The number of hydrogen-bond acceptors (Lipinski definition) is 6. The van der Waals surface area contributed by atoms with Crippen LogP contribution in [0.25, 0.3) is 0 Å². The lowest BCUT2D eigenvalue weighted by atomic mass is 9.43. The number of para-hydroxylation sites is 2. The Hall–Kier alpha value is -3.11. The van der Waals surface area contributed by atoms with E-state index in [0.717, 1.165) is 9.80 Å². The summed E-state index contributed by atoms with van der Waals surface area (Å²) in [6, 6.07) is 13.8. The zero-order valence-electron chi connectivity index (χ0n) is 21.3. The van der Waals surface area contributed by atoms with Crippen LogP contribution in [0.1, 0.15) is 20.8 Å². The van der Waals surface area contributed by atoms with E-state index < -0.39 is 64.6 Å². The number of halogens is 2. The summed E-state index contributed by atoms with van der Waals surface area (Å²) in [7, 11) is 0. The second kappa shape index (κ2) is 8.96. The number of nitrogens with zero attached hydrogens (tertiary/aromatic N) is 2. The molecule has 8 nitrogen and oxygen atoms in total. The molecule has 2 aromatic carbocycles. The molecule has 10 heteroatoms. The summed E-state index contributed by atoms with van der Waals surface area (Å²) < 4.78 is 6.54. The Kier molecular flexibility index (Phi) is 6.00. The number of carbonyl (C=O) groups is 5. The summed E-state index contributed by atoms with van der Waals surface area (Å²) in [6.45, 7) is 5.18. The fourth-order valence-corrected chi connectivity index (χ4v) is 8.47. The summed E-state index contributed by atoms with van der Waals surface area (Å²) in [6.07, 6.45) is 0. The smallest absolute Gasteiger partial charge is 0.334 e. The second-order valence-electron chi connectivity index (χ2n) is 10.5. The molecule has 2 heterocycles. The average Bonchev–Trinajstić information content (AvgIpc) is 3.31. The highest BCUT2D eigenvalue weighted by Gasteiger charge is 2.77. The summed E-state index contributed by atoms with van der Waals surface area (Å²) in [5.74, 6) is -7.11. The first-order chi connectivity index (χ1) is 18.6. The zero-order valence-corrected chi connectivity index (χ0v) is 24.5. The number of benzene rings is 2. The number of hydrogen-bond donors (Lipinski definition) is 0. The third-order valence-corrected chi connectivity index (χ3v) is 10.2. The van der Waals surface area contributed by atoms with E-state index in [4.69, 9.17) is 4.74 Å². The van der Waals surface area contributed by atoms with Crippen molar-refractivity contribution in [1.82, 2.24) is 0 Å². The molecule has 5 aliphatic rings. The number of amides is 4. The molecule has 2 aliphatic heterocycles. The maximum absolute atomic E-state index is 14.2. The van der Waals surface area contributed by atoms with E-state index in [1.165, 1.54) is 0 Å². The van der Waals surface area contributed by atoms with E-state index in [-0.39, 0.29) is 12.2 Å². The summed E-state index contributed by atoms with van der Waals surface area (Å²) in [5.41, 5.74) is 0.0907. The van der Waals surface area contributed by atoms with Crippen LogP contribution in [-0.2, 0) is 28.7 Å². The van der Waals surface area contributed by atoms with Crippen molar-refractivity contribution in [2.75, 3.05) is 16.4 Å². The number of rotatable bonds is 4. The molecule has 0 aromatic heterocycles. The van der Waals surface area contributed by atoms with Crippen LogP contribution in [-0.4, -0.2) is 36.2 Å². The lowest BCUT2D eigenvalue weighted by molar-refractivity contribution is -0.155. The van der Waals surface area contributed by atoms with E-state index >= 15 is 0 Å². The maximum Gasteiger partial charge on any atom is 0.334 e. The molecule has 200 valence electrons. The molecule has 4 amide bonds. The lowest BCUT2D eigenvalue weighted by Crippen LogP contribution is -2.61. The van der Waals surface area contributed by atoms with Crippen molar-refractivity contribution >= 4 is 72.8 Å². The summed E-state index contributed by atoms with van der Waals surface area (Å²) >= 11 is 6.89. The molecule has 39 heavy (non-hydrogen) atoms. The van der Waals surface area contributed by atoms with Crippen LogP contribution < -0.4 is 9.80 Å². The Morgan fingerprint density at radius 3 is 1.64 bits per heavy atom. The van der Waals surface area contributed by atoms with Gasteiger partial charge in [0.15, 0.2) is 0 Å². The van der Waals surface area contributed by atoms with Gasteiger partial charge in [-0.3, -0.25) is 19.2 Å². The van der Waals surface area contributed by atoms with Crippen LogP contribution in [0.4, 0.5) is 11.4 Å². The third kappa shape index (κ3) is 3.24. The van der Waals surface area contributed by atoms with E-state index in [0.29, 0.717) is 25.9 Å². The average molecular weight is 656 g/mol. The number of esters is 1. The highest BCUT2D eigenvalue weighted by Crippen LogP contribution is 2.69. The van der Waals surface area contributed by atoms with Crippen molar-refractivity contribution < 1.29 is 28.7 Å². The van der Waals surface area contributed by atoms with E-state index in [2.05, 4.69) is 31.9 Å². The first kappa shape index (κ1) is 26.1. The molecule has 2 saturated heterocycles. The number of allylic oxidation sites excluding steroid dienone is 1. The molecule has 4 atom stereocenters. The number of imide groups is 2. The molecule has 1 saturated carbocycles. The van der Waals surface area contributed by atoms with Gasteiger partial charge in [0.25, 0.3) is 0 Å². The topological polar surface area (TPSA) is 101 Å². The van der Waals surface area contributed by atoms with Gasteiger partial charge in [-0.05, 0) is 70.0 Å². The lowest BCUT2D eigenvalue weighted by Gasteiger charge is -2.55. The summed E-state index contributed by atoms with van der Waals surface area (Å²) in [4.78, 5) is 72.3. The minimum Gasteiger partial charge on any atom is -0.463 e. The van der Waals surface area contributed by atoms with Gasteiger partial charge in [0.2, 0.25) is 23.6 Å². The van der Waals surface area contributed by atoms with Gasteiger partial charge in [-0.1, -0.05) is 36.8 Å². The Balaban J connectivity index is 1.57. The van der Waals surface area contributed by atoms with E-state index in [1.54, 1.807) is 69.3 Å². The molecule has 2 bridgehead atoms. The van der Waals surface area contributed by atoms with Crippen molar-refractivity contribution in [2.45, 2.75) is 20.8 Å². The van der Waals surface area contributed by atoms with Gasteiger partial charge in [-0.2, -0.15) is 0 Å². The highest BCUT2D eigenvalue weighted by atomic mass is 79.9. The molecule has 0 unspecified atom stereocenters. The standard InChI is InChI=1S/C29H24Br2N2O6/c1-4-39-28(38)21-13(2)18-19-22(26(36)32(24(19)34)16-11-7-5-9-14(16)30)29(21,3)23-20(18)25(35)33(27(23)37)17-12-8-6-10-15(17)31/h5-12,18-20,22-23H,4H2,1-3H3/t18?,19-,20-,22-,23-,29?/m1/s1. The normalized spacial score (nSPS) is 31.3. The van der Waals surface area contributed by atoms with E-state index in [9.17, 15) is 24.0 Å². The molecule has 0 spiro atoms. The molecule has 3 fully saturated rings. The predicted molar refractivity (Wildman–Crippen MR) is 148 cm³/mol. The van der Waals surface area contributed by atoms with Gasteiger partial charge in [-0.25, -0.2) is 14.6 Å². The minimum absolute atomic E-state index is 0.102. The largest absolute Gasteiger partial charge is 0.463 e. The molecule has 3 aliphatic carbocycles. The number of carbonyl (C=O) groups excluding carboxylic acids is 5. The molecule has 2 aromatic rings. The van der Waals surface area contributed by atoms with Crippen molar-refractivity contribution in [3.8, 4) is 0 Å². The van der Waals surface area contributed by atoms with Crippen molar-refractivity contribution in [3.63, 3.8) is 0 Å². The Labute approximate surface area is 241 Å². The Morgan fingerprint density at radius 2 is 1.23 bits per heavy atom. The maximum atomic E-state index is 14.2. The first-order valence-corrected chi connectivity index (χ1v) is 14.3. The van der Waals surface area contributed by atoms with Crippen LogP contribution in [0.3, 0.4) is 0 Å².